The Morgan fingerprint density at radius 3 is 2.27 bits per heavy atom. The van der Waals surface area contributed by atoms with Crippen molar-refractivity contribution in [1.29, 1.82) is 0 Å². The predicted octanol–water partition coefficient (Wildman–Crippen LogP) is 4.13. The highest BCUT2D eigenvalue weighted by atomic mass is 16.5. The molecule has 0 radical (unpaired) electrons. The van der Waals surface area contributed by atoms with Gasteiger partial charge in [-0.2, -0.15) is 0 Å². The van der Waals surface area contributed by atoms with Gasteiger partial charge in [0.1, 0.15) is 6.10 Å². The molecule has 5 nitrogen and oxygen atoms in total. The average molecular weight is 368 g/mol. The third-order valence-corrected chi connectivity index (χ3v) is 6.68. The van der Waals surface area contributed by atoms with Gasteiger partial charge >= 0.3 is 11.9 Å². The Hall–Kier alpha value is -1.10. The van der Waals surface area contributed by atoms with Crippen molar-refractivity contribution >= 4 is 11.9 Å². The van der Waals surface area contributed by atoms with Gasteiger partial charge in [-0.1, -0.05) is 33.1 Å². The summed E-state index contributed by atoms with van der Waals surface area (Å²) < 4.78 is 10.6. The van der Waals surface area contributed by atoms with Crippen molar-refractivity contribution in [1.82, 2.24) is 5.32 Å². The summed E-state index contributed by atoms with van der Waals surface area (Å²) in [5.41, 5.74) is 0.136. The molecular formula is C21H37NO4. The molecule has 1 aliphatic carbocycles. The lowest BCUT2D eigenvalue weighted by Crippen LogP contribution is -2.68. The lowest BCUT2D eigenvalue weighted by molar-refractivity contribution is -0.160. The van der Waals surface area contributed by atoms with Gasteiger partial charge in [0.05, 0.1) is 7.11 Å². The minimum atomic E-state index is -0.219. The van der Waals surface area contributed by atoms with Crippen LogP contribution < -0.4 is 5.32 Å². The van der Waals surface area contributed by atoms with Crippen molar-refractivity contribution in [2.24, 2.45) is 5.92 Å². The van der Waals surface area contributed by atoms with Gasteiger partial charge < -0.3 is 14.8 Å². The first-order chi connectivity index (χ1) is 12.3. The fraction of sp³-hybridized carbons (Fsp3) is 0.905. The minimum Gasteiger partial charge on any atom is -0.469 e. The number of carbonyl (C=O) groups excluding carboxylic acids is 2. The first-order valence-electron chi connectivity index (χ1n) is 10.4. The van der Waals surface area contributed by atoms with Crippen LogP contribution in [-0.2, 0) is 19.1 Å². The van der Waals surface area contributed by atoms with E-state index in [-0.39, 0.29) is 29.1 Å². The van der Waals surface area contributed by atoms with E-state index in [9.17, 15) is 9.59 Å². The monoisotopic (exact) mass is 367 g/mol. The molecule has 1 N–H and O–H groups in total. The summed E-state index contributed by atoms with van der Waals surface area (Å²) in [4.78, 5) is 23.5. The van der Waals surface area contributed by atoms with E-state index < -0.39 is 0 Å². The molecule has 0 aromatic carbocycles. The van der Waals surface area contributed by atoms with Crippen LogP contribution >= 0.6 is 0 Å². The lowest BCUT2D eigenvalue weighted by atomic mass is 9.64. The maximum absolute atomic E-state index is 12.4. The first kappa shape index (κ1) is 21.2. The van der Waals surface area contributed by atoms with Crippen LogP contribution in [0.15, 0.2) is 0 Å². The highest BCUT2D eigenvalue weighted by molar-refractivity contribution is 5.70. The van der Waals surface area contributed by atoms with E-state index in [1.807, 2.05) is 0 Å². The third kappa shape index (κ3) is 5.21. The van der Waals surface area contributed by atoms with Gasteiger partial charge in [0.15, 0.2) is 0 Å². The Morgan fingerprint density at radius 1 is 1.08 bits per heavy atom. The molecule has 1 saturated carbocycles. The number of unbranched alkanes of at least 4 members (excludes halogenated alkanes) is 1. The molecule has 150 valence electrons. The fourth-order valence-electron chi connectivity index (χ4n) is 4.75. The molecule has 2 aliphatic rings. The molecule has 26 heavy (non-hydrogen) atoms. The number of esters is 2. The Kier molecular flexibility index (Phi) is 7.51. The van der Waals surface area contributed by atoms with Crippen molar-refractivity contribution in [3.05, 3.63) is 0 Å². The molecule has 0 aromatic heterocycles. The summed E-state index contributed by atoms with van der Waals surface area (Å²) >= 11 is 0. The fourth-order valence-corrected chi connectivity index (χ4v) is 4.75. The molecule has 1 heterocycles. The lowest BCUT2D eigenvalue weighted by Gasteiger charge is -2.56. The van der Waals surface area contributed by atoms with Gasteiger partial charge in [0.2, 0.25) is 0 Å². The number of rotatable bonds is 7. The summed E-state index contributed by atoms with van der Waals surface area (Å²) in [6.07, 6.45) is 10.1. The van der Waals surface area contributed by atoms with Crippen LogP contribution in [0.3, 0.4) is 0 Å². The van der Waals surface area contributed by atoms with E-state index >= 15 is 0 Å². The van der Waals surface area contributed by atoms with Crippen molar-refractivity contribution in [3.8, 4) is 0 Å². The normalized spacial score (nSPS) is 30.8. The van der Waals surface area contributed by atoms with Crippen molar-refractivity contribution in [3.63, 3.8) is 0 Å². The van der Waals surface area contributed by atoms with Crippen LogP contribution in [0.1, 0.15) is 91.4 Å². The van der Waals surface area contributed by atoms with Gasteiger partial charge in [-0.05, 0) is 39.0 Å². The van der Waals surface area contributed by atoms with Crippen molar-refractivity contribution in [2.75, 3.05) is 7.11 Å². The minimum absolute atomic E-state index is 0.0209. The number of hydrogen-bond donors (Lipinski definition) is 1. The molecule has 3 atom stereocenters. The van der Waals surface area contributed by atoms with Crippen LogP contribution in [0, 0.1) is 5.92 Å². The smallest absolute Gasteiger partial charge is 0.306 e. The summed E-state index contributed by atoms with van der Waals surface area (Å²) in [6, 6.07) is 0. The molecule has 1 aliphatic heterocycles. The summed E-state index contributed by atoms with van der Waals surface area (Å²) in [5, 5.41) is 3.98. The average Bonchev–Trinajstić information content (AvgIpc) is 2.63. The molecule has 2 fully saturated rings. The zero-order valence-corrected chi connectivity index (χ0v) is 17.1. The van der Waals surface area contributed by atoms with Gasteiger partial charge in [0.25, 0.3) is 0 Å². The third-order valence-electron chi connectivity index (χ3n) is 6.68. The van der Waals surface area contributed by atoms with Crippen molar-refractivity contribution in [2.45, 2.75) is 109 Å². The topological polar surface area (TPSA) is 64.6 Å². The van der Waals surface area contributed by atoms with E-state index in [0.717, 1.165) is 12.8 Å². The van der Waals surface area contributed by atoms with Crippen LogP contribution in [0.4, 0.5) is 0 Å². The number of ether oxygens (including phenoxy) is 2. The second-order valence-electron chi connectivity index (χ2n) is 8.56. The second-order valence-corrected chi connectivity index (χ2v) is 8.56. The quantitative estimate of drug-likeness (QED) is 0.541. The van der Waals surface area contributed by atoms with E-state index in [2.05, 4.69) is 30.8 Å². The molecule has 1 saturated heterocycles. The van der Waals surface area contributed by atoms with Gasteiger partial charge in [-0.15, -0.1) is 0 Å². The molecule has 5 heteroatoms. The molecule has 0 bridgehead atoms. The standard InChI is InChI=1S/C21H37NO4/c1-5-20(3)15-17(16(2)21(22-20)13-9-6-10-14-21)26-19(24)12-8-7-11-18(23)25-4/h16-17,22H,5-15H2,1-4H3. The van der Waals surface area contributed by atoms with Crippen LogP contribution in [0.25, 0.3) is 0 Å². The Morgan fingerprint density at radius 2 is 1.69 bits per heavy atom. The van der Waals surface area contributed by atoms with E-state index in [1.54, 1.807) is 0 Å². The number of piperidine rings is 1. The number of carbonyl (C=O) groups is 2. The maximum Gasteiger partial charge on any atom is 0.306 e. The van der Waals surface area contributed by atoms with Gasteiger partial charge in [-0.3, -0.25) is 9.59 Å². The molecule has 1 spiro atoms. The van der Waals surface area contributed by atoms with Gasteiger partial charge in [-0.25, -0.2) is 0 Å². The van der Waals surface area contributed by atoms with E-state index in [1.165, 1.54) is 39.2 Å². The van der Waals surface area contributed by atoms with Crippen molar-refractivity contribution < 1.29 is 19.1 Å². The maximum atomic E-state index is 12.4. The summed E-state index contributed by atoms with van der Waals surface area (Å²) in [5.74, 6) is -0.0113. The number of nitrogens with one attached hydrogen (secondary N) is 1. The SMILES string of the molecule is CCC1(C)CC(OC(=O)CCCCC(=O)OC)C(C)C2(CCCCC2)N1. The summed E-state index contributed by atoms with van der Waals surface area (Å²) in [6.45, 7) is 6.74. The summed E-state index contributed by atoms with van der Waals surface area (Å²) in [7, 11) is 1.39. The molecule has 0 aromatic rings. The largest absolute Gasteiger partial charge is 0.469 e. The zero-order valence-electron chi connectivity index (χ0n) is 17.1. The Balaban J connectivity index is 1.93. The highest BCUT2D eigenvalue weighted by Gasteiger charge is 2.51. The van der Waals surface area contributed by atoms with E-state index in [4.69, 9.17) is 4.74 Å². The van der Waals surface area contributed by atoms with E-state index in [0.29, 0.717) is 31.6 Å². The second kappa shape index (κ2) is 9.20. The molecule has 0 amide bonds. The highest BCUT2D eigenvalue weighted by Crippen LogP contribution is 2.44. The van der Waals surface area contributed by atoms with Crippen LogP contribution in [0.2, 0.25) is 0 Å². The number of methoxy groups -OCH3 is 1. The Bertz CT molecular complexity index is 486. The van der Waals surface area contributed by atoms with Gasteiger partial charge in [0, 0.05) is 36.3 Å². The zero-order chi connectivity index (χ0) is 19.2. The molecular weight excluding hydrogens is 330 g/mol. The number of hydrogen-bond acceptors (Lipinski definition) is 5. The molecule has 3 unspecified atom stereocenters. The first-order valence-corrected chi connectivity index (χ1v) is 10.4. The van der Waals surface area contributed by atoms with Crippen LogP contribution in [-0.4, -0.2) is 36.2 Å². The Labute approximate surface area is 158 Å². The van der Waals surface area contributed by atoms with Crippen LogP contribution in [0.5, 0.6) is 0 Å². The predicted molar refractivity (Wildman–Crippen MR) is 102 cm³/mol. The molecule has 2 rings (SSSR count).